The van der Waals surface area contributed by atoms with Crippen molar-refractivity contribution < 1.29 is 4.79 Å². The largest absolute Gasteiger partial charge is 0.337 e. The van der Waals surface area contributed by atoms with Crippen molar-refractivity contribution in [3.8, 4) is 0 Å². The summed E-state index contributed by atoms with van der Waals surface area (Å²) in [5.74, 6) is 0.00774. The zero-order valence-corrected chi connectivity index (χ0v) is 13.5. The highest BCUT2D eigenvalue weighted by Gasteiger charge is 2.32. The Balaban J connectivity index is 1.72. The Hall–Kier alpha value is -1.98. The Morgan fingerprint density at radius 3 is 2.57 bits per heavy atom. The predicted molar refractivity (Wildman–Crippen MR) is 88.9 cm³/mol. The third kappa shape index (κ3) is 3.68. The minimum atomic E-state index is -0.0989. The Labute approximate surface area is 140 Å². The van der Waals surface area contributed by atoms with Gasteiger partial charge in [0.25, 0.3) is 0 Å². The van der Waals surface area contributed by atoms with E-state index in [2.05, 4.69) is 9.97 Å². The van der Waals surface area contributed by atoms with Crippen LogP contribution in [-0.4, -0.2) is 33.9 Å². The van der Waals surface area contributed by atoms with Crippen molar-refractivity contribution in [3.63, 3.8) is 0 Å². The number of rotatable bonds is 5. The maximum atomic E-state index is 12.9. The highest BCUT2D eigenvalue weighted by atomic mass is 35.5. The van der Waals surface area contributed by atoms with Gasteiger partial charge in [0, 0.05) is 55.8 Å². The molecule has 6 heteroatoms. The summed E-state index contributed by atoms with van der Waals surface area (Å²) in [6.45, 7) is 1.48. The molecule has 0 atom stereocenters. The Morgan fingerprint density at radius 1 is 1.26 bits per heavy atom. The molecule has 5 nitrogen and oxygen atoms in total. The Bertz CT molecular complexity index is 681. The predicted octanol–water partition coefficient (Wildman–Crippen LogP) is 1.83. The van der Waals surface area contributed by atoms with Crippen LogP contribution < -0.4 is 5.73 Å². The molecule has 0 radical (unpaired) electrons. The van der Waals surface area contributed by atoms with E-state index in [1.54, 1.807) is 12.4 Å². The van der Waals surface area contributed by atoms with Crippen LogP contribution >= 0.6 is 11.6 Å². The smallest absolute Gasteiger partial charge is 0.226 e. The molecule has 0 unspecified atom stereocenters. The van der Waals surface area contributed by atoms with E-state index in [9.17, 15) is 4.79 Å². The molecule has 1 aromatic carbocycles. The number of nitrogens with zero attached hydrogens (tertiary/aromatic N) is 3. The SMILES string of the molecule is NCCN(Cc1cccc(Cl)c1)C(=O)C1Cc2nccnc2C1. The fourth-order valence-corrected chi connectivity index (χ4v) is 3.20. The van der Waals surface area contributed by atoms with Gasteiger partial charge >= 0.3 is 0 Å². The summed E-state index contributed by atoms with van der Waals surface area (Å²) in [6, 6.07) is 7.56. The van der Waals surface area contributed by atoms with Crippen molar-refractivity contribution in [2.24, 2.45) is 11.7 Å². The summed E-state index contributed by atoms with van der Waals surface area (Å²) in [5.41, 5.74) is 8.56. The molecule has 0 aliphatic heterocycles. The van der Waals surface area contributed by atoms with Crippen LogP contribution in [0.5, 0.6) is 0 Å². The van der Waals surface area contributed by atoms with Crippen molar-refractivity contribution in [1.82, 2.24) is 14.9 Å². The quantitative estimate of drug-likeness (QED) is 0.908. The van der Waals surface area contributed by atoms with Crippen molar-refractivity contribution in [2.45, 2.75) is 19.4 Å². The van der Waals surface area contributed by atoms with Gasteiger partial charge in [-0.25, -0.2) is 0 Å². The van der Waals surface area contributed by atoms with Gasteiger partial charge in [-0.05, 0) is 17.7 Å². The normalized spacial score (nSPS) is 13.8. The number of nitrogens with two attached hydrogens (primary N) is 1. The van der Waals surface area contributed by atoms with Crippen LogP contribution in [0.4, 0.5) is 0 Å². The highest BCUT2D eigenvalue weighted by Crippen LogP contribution is 2.25. The second-order valence-electron chi connectivity index (χ2n) is 5.73. The van der Waals surface area contributed by atoms with Gasteiger partial charge in [0.2, 0.25) is 5.91 Å². The Morgan fingerprint density at radius 2 is 1.96 bits per heavy atom. The molecule has 120 valence electrons. The number of benzene rings is 1. The molecule has 0 saturated carbocycles. The van der Waals surface area contributed by atoms with Gasteiger partial charge in [-0.15, -0.1) is 0 Å². The van der Waals surface area contributed by atoms with E-state index in [0.29, 0.717) is 37.5 Å². The fourth-order valence-electron chi connectivity index (χ4n) is 2.99. The van der Waals surface area contributed by atoms with E-state index < -0.39 is 0 Å². The molecule has 23 heavy (non-hydrogen) atoms. The van der Waals surface area contributed by atoms with E-state index in [1.165, 1.54) is 0 Å². The first-order valence-corrected chi connectivity index (χ1v) is 8.07. The third-order valence-corrected chi connectivity index (χ3v) is 4.30. The van der Waals surface area contributed by atoms with Crippen molar-refractivity contribution in [3.05, 3.63) is 58.6 Å². The van der Waals surface area contributed by atoms with Crippen LogP contribution in [0, 0.1) is 5.92 Å². The molecule has 1 amide bonds. The number of carbonyl (C=O) groups excluding carboxylic acids is 1. The summed E-state index contributed by atoms with van der Waals surface area (Å²) in [5, 5.41) is 0.671. The van der Waals surface area contributed by atoms with Crippen LogP contribution in [0.15, 0.2) is 36.7 Å². The standard InChI is InChI=1S/C17H19ClN4O/c18-14-3-1-2-12(8-14)11-22(7-4-19)17(23)13-9-15-16(10-13)21-6-5-20-15/h1-3,5-6,8,13H,4,7,9-11,19H2. The second kappa shape index (κ2) is 7.06. The van der Waals surface area contributed by atoms with Crippen LogP contribution in [0.3, 0.4) is 0 Å². The molecule has 0 saturated heterocycles. The second-order valence-corrected chi connectivity index (χ2v) is 6.17. The number of amides is 1. The molecular formula is C17H19ClN4O. The maximum Gasteiger partial charge on any atom is 0.226 e. The van der Waals surface area contributed by atoms with Crippen molar-refractivity contribution in [1.29, 1.82) is 0 Å². The van der Waals surface area contributed by atoms with Crippen molar-refractivity contribution >= 4 is 17.5 Å². The molecule has 0 fully saturated rings. The minimum Gasteiger partial charge on any atom is -0.337 e. The summed E-state index contributed by atoms with van der Waals surface area (Å²) < 4.78 is 0. The minimum absolute atomic E-state index is 0.0989. The lowest BCUT2D eigenvalue weighted by Gasteiger charge is -2.25. The van der Waals surface area contributed by atoms with Gasteiger partial charge in [-0.1, -0.05) is 23.7 Å². The van der Waals surface area contributed by atoms with E-state index in [-0.39, 0.29) is 11.8 Å². The molecule has 2 aromatic rings. The first-order valence-electron chi connectivity index (χ1n) is 7.69. The lowest BCUT2D eigenvalue weighted by Crippen LogP contribution is -2.39. The van der Waals surface area contributed by atoms with Crippen LogP contribution in [0.25, 0.3) is 0 Å². The molecule has 1 aliphatic carbocycles. The molecule has 1 aliphatic rings. The van der Waals surface area contributed by atoms with Gasteiger partial charge < -0.3 is 10.6 Å². The average Bonchev–Trinajstić information content (AvgIpc) is 2.98. The van der Waals surface area contributed by atoms with Crippen molar-refractivity contribution in [2.75, 3.05) is 13.1 Å². The topological polar surface area (TPSA) is 72.1 Å². The molecule has 1 aromatic heterocycles. The molecule has 1 heterocycles. The number of hydrogen-bond acceptors (Lipinski definition) is 4. The molecule has 0 spiro atoms. The van der Waals surface area contributed by atoms with Gasteiger partial charge in [-0.2, -0.15) is 0 Å². The maximum absolute atomic E-state index is 12.9. The first-order chi connectivity index (χ1) is 11.2. The molecule has 2 N–H and O–H groups in total. The first kappa shape index (κ1) is 15.9. The average molecular weight is 331 g/mol. The number of aromatic nitrogens is 2. The van der Waals surface area contributed by atoms with E-state index in [4.69, 9.17) is 17.3 Å². The summed E-state index contributed by atoms with van der Waals surface area (Å²) in [7, 11) is 0. The lowest BCUT2D eigenvalue weighted by molar-refractivity contribution is -0.135. The summed E-state index contributed by atoms with van der Waals surface area (Å²) in [4.78, 5) is 23.3. The van der Waals surface area contributed by atoms with Crippen LogP contribution in [0.2, 0.25) is 5.02 Å². The molecule has 0 bridgehead atoms. The summed E-state index contributed by atoms with van der Waals surface area (Å²) >= 11 is 6.03. The van der Waals surface area contributed by atoms with Crippen LogP contribution in [0.1, 0.15) is 17.0 Å². The van der Waals surface area contributed by atoms with Gasteiger partial charge in [0.1, 0.15) is 0 Å². The molecule has 3 rings (SSSR count). The summed E-state index contributed by atoms with van der Waals surface area (Å²) in [6.07, 6.45) is 4.65. The number of halogens is 1. The van der Waals surface area contributed by atoms with Gasteiger partial charge in [-0.3, -0.25) is 14.8 Å². The zero-order chi connectivity index (χ0) is 16.2. The number of carbonyl (C=O) groups is 1. The number of fused-ring (bicyclic) bond motifs is 1. The van der Waals surface area contributed by atoms with E-state index >= 15 is 0 Å². The third-order valence-electron chi connectivity index (χ3n) is 4.06. The number of hydrogen-bond donors (Lipinski definition) is 1. The molecular weight excluding hydrogens is 312 g/mol. The fraction of sp³-hybridized carbons (Fsp3) is 0.353. The zero-order valence-electron chi connectivity index (χ0n) is 12.8. The highest BCUT2D eigenvalue weighted by molar-refractivity contribution is 6.30. The van der Waals surface area contributed by atoms with E-state index in [1.807, 2.05) is 29.2 Å². The monoisotopic (exact) mass is 330 g/mol. The Kier molecular flexibility index (Phi) is 4.88. The van der Waals surface area contributed by atoms with E-state index in [0.717, 1.165) is 17.0 Å². The van der Waals surface area contributed by atoms with Crippen LogP contribution in [-0.2, 0) is 24.2 Å². The van der Waals surface area contributed by atoms with Gasteiger partial charge in [0.05, 0.1) is 11.4 Å². The lowest BCUT2D eigenvalue weighted by atomic mass is 10.0. The van der Waals surface area contributed by atoms with Gasteiger partial charge in [0.15, 0.2) is 0 Å².